The van der Waals surface area contributed by atoms with Crippen molar-refractivity contribution in [3.05, 3.63) is 60.2 Å². The molecule has 0 saturated carbocycles. The van der Waals surface area contributed by atoms with E-state index in [0.29, 0.717) is 32.8 Å². The van der Waals surface area contributed by atoms with Gasteiger partial charge in [-0.3, -0.25) is 9.69 Å². The van der Waals surface area contributed by atoms with Crippen LogP contribution in [0.2, 0.25) is 0 Å². The van der Waals surface area contributed by atoms with Crippen LogP contribution in [0.25, 0.3) is 0 Å². The summed E-state index contributed by atoms with van der Waals surface area (Å²) in [6.45, 7) is 4.16. The van der Waals surface area contributed by atoms with Gasteiger partial charge in [-0.05, 0) is 29.8 Å². The number of hydrogen-bond acceptors (Lipinski definition) is 6. The van der Waals surface area contributed by atoms with E-state index < -0.39 is 0 Å². The summed E-state index contributed by atoms with van der Waals surface area (Å²) in [7, 11) is 0. The predicted octanol–water partition coefficient (Wildman–Crippen LogP) is 1.84. The first-order valence-corrected chi connectivity index (χ1v) is 10.6. The van der Waals surface area contributed by atoms with Gasteiger partial charge in [-0.1, -0.05) is 30.3 Å². The molecule has 0 spiro atoms. The van der Waals surface area contributed by atoms with Gasteiger partial charge < -0.3 is 25.0 Å². The number of hydrogen-bond donors (Lipinski definition) is 1. The lowest BCUT2D eigenvalue weighted by Gasteiger charge is -2.36. The fraction of sp³-hybridized carbons (Fsp3) is 0.391. The molecule has 2 aromatic carbocycles. The van der Waals surface area contributed by atoms with Crippen molar-refractivity contribution >= 4 is 23.4 Å². The van der Waals surface area contributed by atoms with Crippen molar-refractivity contribution in [1.29, 1.82) is 0 Å². The van der Waals surface area contributed by atoms with Gasteiger partial charge in [0.2, 0.25) is 5.91 Å². The molecule has 2 heterocycles. The number of piperazine rings is 1. The molecular weight excluding hydrogens is 396 g/mol. The van der Waals surface area contributed by atoms with E-state index in [2.05, 4.69) is 4.90 Å². The number of carbonyl (C=O) groups excluding carboxylic acids is 2. The van der Waals surface area contributed by atoms with Crippen molar-refractivity contribution in [3.63, 3.8) is 0 Å². The molecule has 2 saturated heterocycles. The van der Waals surface area contributed by atoms with Crippen molar-refractivity contribution in [1.82, 2.24) is 4.90 Å². The van der Waals surface area contributed by atoms with Gasteiger partial charge in [0, 0.05) is 44.1 Å². The number of anilines is 2. The molecule has 0 unspecified atom stereocenters. The minimum Gasteiger partial charge on any atom is -0.443 e. The topological polar surface area (TPSA) is 88.3 Å². The minimum absolute atomic E-state index is 0.0212. The molecule has 2 fully saturated rings. The van der Waals surface area contributed by atoms with Crippen LogP contribution in [0, 0.1) is 0 Å². The van der Waals surface area contributed by atoms with Gasteiger partial charge in [-0.2, -0.15) is 0 Å². The number of nitrogens with zero attached hydrogens (tertiary/aromatic N) is 3. The van der Waals surface area contributed by atoms with E-state index in [1.807, 2.05) is 59.5 Å². The summed E-state index contributed by atoms with van der Waals surface area (Å²) in [6.07, 6.45) is -0.612. The lowest BCUT2D eigenvalue weighted by molar-refractivity contribution is -0.136. The quantitative estimate of drug-likeness (QED) is 0.730. The van der Waals surface area contributed by atoms with Crippen molar-refractivity contribution in [2.24, 2.45) is 5.73 Å². The van der Waals surface area contributed by atoms with Gasteiger partial charge in [0.05, 0.1) is 13.2 Å². The van der Waals surface area contributed by atoms with Gasteiger partial charge >= 0.3 is 6.09 Å². The highest BCUT2D eigenvalue weighted by atomic mass is 16.6. The molecule has 8 nitrogen and oxygen atoms in total. The Morgan fingerprint density at radius 2 is 1.68 bits per heavy atom. The number of benzene rings is 2. The van der Waals surface area contributed by atoms with Crippen LogP contribution in [0.3, 0.4) is 0 Å². The number of cyclic esters (lactones) is 1. The van der Waals surface area contributed by atoms with Crippen LogP contribution in [0.4, 0.5) is 16.2 Å². The van der Waals surface area contributed by atoms with E-state index in [1.165, 1.54) is 0 Å². The molecule has 2 aromatic rings. The molecular formula is C23H28N4O4. The average Bonchev–Trinajstić information content (AvgIpc) is 3.20. The Morgan fingerprint density at radius 1 is 1.00 bits per heavy atom. The lowest BCUT2D eigenvalue weighted by atomic mass is 10.2. The normalized spacial score (nSPS) is 18.9. The molecule has 164 valence electrons. The van der Waals surface area contributed by atoms with E-state index >= 15 is 0 Å². The maximum absolute atomic E-state index is 12.4. The minimum atomic E-state index is -0.357. The number of ether oxygens (including phenoxy) is 2. The average molecular weight is 425 g/mol. The predicted molar refractivity (Wildman–Crippen MR) is 118 cm³/mol. The van der Waals surface area contributed by atoms with Gasteiger partial charge in [0.25, 0.3) is 0 Å². The molecule has 0 aliphatic carbocycles. The second-order valence-electron chi connectivity index (χ2n) is 7.71. The van der Waals surface area contributed by atoms with Crippen molar-refractivity contribution < 1.29 is 19.1 Å². The summed E-state index contributed by atoms with van der Waals surface area (Å²) in [4.78, 5) is 30.1. The number of amides is 2. The summed E-state index contributed by atoms with van der Waals surface area (Å²) >= 11 is 0. The third-order valence-corrected chi connectivity index (χ3v) is 5.63. The van der Waals surface area contributed by atoms with E-state index in [0.717, 1.165) is 30.0 Å². The smallest absolute Gasteiger partial charge is 0.414 e. The Balaban J connectivity index is 1.24. The van der Waals surface area contributed by atoms with Crippen LogP contribution >= 0.6 is 0 Å². The monoisotopic (exact) mass is 424 g/mol. The highest BCUT2D eigenvalue weighted by Crippen LogP contribution is 2.25. The lowest BCUT2D eigenvalue weighted by Crippen LogP contribution is -2.49. The molecule has 2 amide bonds. The van der Waals surface area contributed by atoms with E-state index in [-0.39, 0.29) is 24.7 Å². The zero-order valence-corrected chi connectivity index (χ0v) is 17.5. The fourth-order valence-electron chi connectivity index (χ4n) is 3.83. The largest absolute Gasteiger partial charge is 0.443 e. The summed E-state index contributed by atoms with van der Waals surface area (Å²) in [5.41, 5.74) is 8.53. The summed E-state index contributed by atoms with van der Waals surface area (Å²) in [5.74, 6) is 0.0212. The van der Waals surface area contributed by atoms with Crippen LogP contribution in [0.1, 0.15) is 5.56 Å². The Bertz CT molecular complexity index is 882. The standard InChI is InChI=1S/C23H28N4O4/c24-14-21-15-27(23(29)31-21)20-8-6-19(7-9-20)25-10-12-26(13-11-25)22(28)17-30-16-18-4-2-1-3-5-18/h1-9,21H,10-17,24H2/t21-/m0/s1. The maximum atomic E-state index is 12.4. The first kappa shape index (κ1) is 21.1. The molecule has 2 aliphatic rings. The molecule has 2 aliphatic heterocycles. The van der Waals surface area contributed by atoms with E-state index in [4.69, 9.17) is 15.2 Å². The van der Waals surface area contributed by atoms with E-state index in [9.17, 15) is 9.59 Å². The SMILES string of the molecule is NC[C@H]1CN(c2ccc(N3CCN(C(=O)COCc4ccccc4)CC3)cc2)C(=O)O1. The van der Waals surface area contributed by atoms with Crippen molar-refractivity contribution in [2.45, 2.75) is 12.7 Å². The number of nitrogens with two attached hydrogens (primary N) is 1. The van der Waals surface area contributed by atoms with Gasteiger partial charge in [-0.15, -0.1) is 0 Å². The maximum Gasteiger partial charge on any atom is 0.414 e. The molecule has 8 heteroatoms. The Morgan fingerprint density at radius 3 is 2.32 bits per heavy atom. The second kappa shape index (κ2) is 9.80. The van der Waals surface area contributed by atoms with Crippen LogP contribution < -0.4 is 15.5 Å². The van der Waals surface area contributed by atoms with Gasteiger partial charge in [0.15, 0.2) is 0 Å². The third kappa shape index (κ3) is 5.15. The van der Waals surface area contributed by atoms with E-state index in [1.54, 1.807) is 4.90 Å². The molecule has 31 heavy (non-hydrogen) atoms. The van der Waals surface area contributed by atoms with Crippen molar-refractivity contribution in [3.8, 4) is 0 Å². The molecule has 0 bridgehead atoms. The summed E-state index contributed by atoms with van der Waals surface area (Å²) in [6, 6.07) is 17.7. The highest BCUT2D eigenvalue weighted by molar-refractivity contribution is 5.90. The number of carbonyl (C=O) groups is 2. The molecule has 0 aromatic heterocycles. The molecule has 4 rings (SSSR count). The third-order valence-electron chi connectivity index (χ3n) is 5.63. The van der Waals surface area contributed by atoms with Crippen LogP contribution in [0.15, 0.2) is 54.6 Å². The van der Waals surface area contributed by atoms with Crippen molar-refractivity contribution in [2.75, 3.05) is 55.7 Å². The zero-order chi connectivity index (χ0) is 21.6. The van der Waals surface area contributed by atoms with Crippen LogP contribution in [0.5, 0.6) is 0 Å². The molecule has 2 N–H and O–H groups in total. The number of rotatable bonds is 7. The molecule has 0 radical (unpaired) electrons. The summed E-state index contributed by atoms with van der Waals surface area (Å²) < 4.78 is 10.8. The Kier molecular flexibility index (Phi) is 6.69. The summed E-state index contributed by atoms with van der Waals surface area (Å²) in [5, 5.41) is 0. The fourth-order valence-corrected chi connectivity index (χ4v) is 3.83. The van der Waals surface area contributed by atoms with Gasteiger partial charge in [0.1, 0.15) is 12.7 Å². The Hall–Kier alpha value is -3.10. The molecule has 1 atom stereocenters. The zero-order valence-electron chi connectivity index (χ0n) is 17.5. The first-order chi connectivity index (χ1) is 15.1. The highest BCUT2D eigenvalue weighted by Gasteiger charge is 2.31. The van der Waals surface area contributed by atoms with Gasteiger partial charge in [-0.25, -0.2) is 4.79 Å². The first-order valence-electron chi connectivity index (χ1n) is 10.6. The second-order valence-corrected chi connectivity index (χ2v) is 7.71. The van der Waals surface area contributed by atoms with Crippen LogP contribution in [-0.2, 0) is 20.9 Å². The Labute approximate surface area is 182 Å². The van der Waals surface area contributed by atoms with Crippen LogP contribution in [-0.4, -0.2) is 68.9 Å².